The Kier molecular flexibility index (Phi) is 7.24. The quantitative estimate of drug-likeness (QED) is 0.756. The van der Waals surface area contributed by atoms with Crippen molar-refractivity contribution in [1.29, 1.82) is 0 Å². The first-order valence-electron chi connectivity index (χ1n) is 8.13. The predicted octanol–water partition coefficient (Wildman–Crippen LogP) is 4.11. The predicted molar refractivity (Wildman–Crippen MR) is 101 cm³/mol. The number of carbonyl (C=O) groups is 1. The molecule has 1 amide bonds. The van der Waals surface area contributed by atoms with E-state index in [9.17, 15) is 9.18 Å². The highest BCUT2D eigenvalue weighted by atomic mass is 35.5. The second-order valence-electron chi connectivity index (χ2n) is 6.15. The fraction of sp³-hybridized carbons (Fsp3) is 0.316. The molecule has 3 rings (SSSR count). The molecule has 0 aliphatic heterocycles. The van der Waals surface area contributed by atoms with Gasteiger partial charge in [-0.15, -0.1) is 12.4 Å². The number of benzene rings is 2. The Morgan fingerprint density at radius 1 is 1.16 bits per heavy atom. The molecule has 0 spiro atoms. The molecular weight excluding hydrogens is 362 g/mol. The Morgan fingerprint density at radius 2 is 1.84 bits per heavy atom. The van der Waals surface area contributed by atoms with Crippen molar-refractivity contribution in [3.05, 3.63) is 70.5 Å². The van der Waals surface area contributed by atoms with Gasteiger partial charge >= 0.3 is 0 Å². The van der Waals surface area contributed by atoms with Gasteiger partial charge in [0, 0.05) is 5.02 Å². The van der Waals surface area contributed by atoms with Crippen molar-refractivity contribution in [2.75, 3.05) is 13.1 Å². The summed E-state index contributed by atoms with van der Waals surface area (Å²) in [5.74, 6) is 0.299. The number of hydrogen-bond donors (Lipinski definition) is 2. The number of hydrogen-bond acceptors (Lipinski definition) is 2. The molecule has 0 bridgehead atoms. The van der Waals surface area contributed by atoms with Crippen LogP contribution >= 0.6 is 24.0 Å². The number of halogens is 3. The largest absolute Gasteiger partial charge is 0.344 e. The Morgan fingerprint density at radius 3 is 2.48 bits per heavy atom. The van der Waals surface area contributed by atoms with Crippen molar-refractivity contribution in [3.63, 3.8) is 0 Å². The van der Waals surface area contributed by atoms with E-state index in [4.69, 9.17) is 11.6 Å². The molecule has 134 valence electrons. The lowest BCUT2D eigenvalue weighted by molar-refractivity contribution is -0.120. The number of nitrogens with one attached hydrogen (secondary N) is 2. The average Bonchev–Trinajstić information content (AvgIpc) is 3.39. The van der Waals surface area contributed by atoms with E-state index in [2.05, 4.69) is 10.6 Å². The second kappa shape index (κ2) is 9.18. The number of amides is 1. The van der Waals surface area contributed by atoms with Crippen molar-refractivity contribution < 1.29 is 9.18 Å². The van der Waals surface area contributed by atoms with Crippen LogP contribution in [-0.2, 0) is 4.79 Å². The van der Waals surface area contributed by atoms with Crippen LogP contribution in [0.3, 0.4) is 0 Å². The summed E-state index contributed by atoms with van der Waals surface area (Å²) >= 11 is 6.30. The Bertz CT molecular complexity index is 705. The van der Waals surface area contributed by atoms with Crippen molar-refractivity contribution in [1.82, 2.24) is 10.6 Å². The van der Waals surface area contributed by atoms with Crippen LogP contribution in [-0.4, -0.2) is 19.0 Å². The smallest absolute Gasteiger partial charge is 0.234 e. The molecule has 3 nitrogen and oxygen atoms in total. The molecule has 2 aromatic carbocycles. The molecule has 1 aliphatic carbocycles. The van der Waals surface area contributed by atoms with Crippen LogP contribution in [0.4, 0.5) is 4.39 Å². The second-order valence-corrected chi connectivity index (χ2v) is 6.56. The lowest BCUT2D eigenvalue weighted by Gasteiger charge is -2.21. The van der Waals surface area contributed by atoms with Crippen LogP contribution in [0.2, 0.25) is 5.02 Å². The van der Waals surface area contributed by atoms with Gasteiger partial charge in [0.2, 0.25) is 5.91 Å². The van der Waals surface area contributed by atoms with Gasteiger partial charge in [0.1, 0.15) is 5.82 Å². The maximum atomic E-state index is 13.2. The monoisotopic (exact) mass is 382 g/mol. The van der Waals surface area contributed by atoms with Gasteiger partial charge in [0.15, 0.2) is 0 Å². The SMILES string of the molecule is Cl.O=C(CNCC1CC1)NC(c1ccc(F)cc1)c1ccccc1Cl. The number of rotatable bonds is 7. The van der Waals surface area contributed by atoms with Crippen LogP contribution in [0.25, 0.3) is 0 Å². The lowest BCUT2D eigenvalue weighted by Crippen LogP contribution is -2.37. The first-order valence-corrected chi connectivity index (χ1v) is 8.51. The molecule has 6 heteroatoms. The first kappa shape index (κ1) is 19.7. The Hall–Kier alpha value is -1.62. The molecule has 25 heavy (non-hydrogen) atoms. The summed E-state index contributed by atoms with van der Waals surface area (Å²) in [6.45, 7) is 1.14. The van der Waals surface area contributed by atoms with Gasteiger partial charge in [0.05, 0.1) is 12.6 Å². The molecule has 1 unspecified atom stereocenters. The third kappa shape index (κ3) is 5.70. The average molecular weight is 383 g/mol. The van der Waals surface area contributed by atoms with Crippen molar-refractivity contribution >= 4 is 29.9 Å². The molecule has 1 atom stereocenters. The zero-order valence-corrected chi connectivity index (χ0v) is 15.2. The molecule has 0 heterocycles. The molecule has 2 aromatic rings. The van der Waals surface area contributed by atoms with E-state index in [-0.39, 0.29) is 30.7 Å². The van der Waals surface area contributed by atoms with Crippen molar-refractivity contribution in [2.24, 2.45) is 5.92 Å². The van der Waals surface area contributed by atoms with Gasteiger partial charge in [0.25, 0.3) is 0 Å². The summed E-state index contributed by atoms with van der Waals surface area (Å²) in [6, 6.07) is 13.1. The minimum Gasteiger partial charge on any atom is -0.344 e. The normalized spacial score (nSPS) is 14.5. The highest BCUT2D eigenvalue weighted by molar-refractivity contribution is 6.31. The van der Waals surface area contributed by atoms with Crippen LogP contribution in [0.1, 0.15) is 30.0 Å². The van der Waals surface area contributed by atoms with Gasteiger partial charge in [-0.1, -0.05) is 41.9 Å². The van der Waals surface area contributed by atoms with E-state index >= 15 is 0 Å². The van der Waals surface area contributed by atoms with Crippen LogP contribution in [0.15, 0.2) is 48.5 Å². The molecule has 1 fully saturated rings. The summed E-state index contributed by atoms with van der Waals surface area (Å²) < 4.78 is 13.2. The summed E-state index contributed by atoms with van der Waals surface area (Å²) in [5, 5.41) is 6.74. The van der Waals surface area contributed by atoms with E-state index in [1.807, 2.05) is 18.2 Å². The summed E-state index contributed by atoms with van der Waals surface area (Å²) in [7, 11) is 0. The van der Waals surface area contributed by atoms with E-state index in [0.717, 1.165) is 17.7 Å². The molecule has 0 aromatic heterocycles. The minimum absolute atomic E-state index is 0. The highest BCUT2D eigenvalue weighted by Gasteiger charge is 2.22. The van der Waals surface area contributed by atoms with E-state index in [1.54, 1.807) is 18.2 Å². The summed E-state index contributed by atoms with van der Waals surface area (Å²) in [4.78, 5) is 12.3. The standard InChI is InChI=1S/C19H20ClFN2O.ClH/c20-17-4-2-1-3-16(17)19(14-7-9-15(21)10-8-14)23-18(24)12-22-11-13-5-6-13;/h1-4,7-10,13,19,22H,5-6,11-12H2,(H,23,24);1H. The third-order valence-electron chi connectivity index (χ3n) is 4.14. The molecule has 1 aliphatic rings. The molecule has 0 saturated heterocycles. The molecule has 2 N–H and O–H groups in total. The fourth-order valence-corrected chi connectivity index (χ4v) is 2.87. The van der Waals surface area contributed by atoms with Gasteiger partial charge in [-0.25, -0.2) is 4.39 Å². The topological polar surface area (TPSA) is 41.1 Å². The molecular formula is C19H21Cl2FN2O. The van der Waals surface area contributed by atoms with Gasteiger partial charge < -0.3 is 10.6 Å². The lowest BCUT2D eigenvalue weighted by atomic mass is 9.98. The maximum Gasteiger partial charge on any atom is 0.234 e. The van der Waals surface area contributed by atoms with Crippen LogP contribution in [0.5, 0.6) is 0 Å². The zero-order chi connectivity index (χ0) is 16.9. The fourth-order valence-electron chi connectivity index (χ4n) is 2.63. The van der Waals surface area contributed by atoms with Gasteiger partial charge in [-0.2, -0.15) is 0 Å². The van der Waals surface area contributed by atoms with Crippen molar-refractivity contribution in [3.8, 4) is 0 Å². The molecule has 0 radical (unpaired) electrons. The molecule has 1 saturated carbocycles. The Balaban J connectivity index is 0.00000225. The third-order valence-corrected chi connectivity index (χ3v) is 4.48. The van der Waals surface area contributed by atoms with Crippen molar-refractivity contribution in [2.45, 2.75) is 18.9 Å². The van der Waals surface area contributed by atoms with Gasteiger partial charge in [-0.3, -0.25) is 4.79 Å². The van der Waals surface area contributed by atoms with Crippen LogP contribution < -0.4 is 10.6 Å². The first-order chi connectivity index (χ1) is 11.6. The van der Waals surface area contributed by atoms with E-state index in [0.29, 0.717) is 10.9 Å². The maximum absolute atomic E-state index is 13.2. The number of carbonyl (C=O) groups excluding carboxylic acids is 1. The van der Waals surface area contributed by atoms with Crippen LogP contribution in [0, 0.1) is 11.7 Å². The van der Waals surface area contributed by atoms with E-state index in [1.165, 1.54) is 25.0 Å². The highest BCUT2D eigenvalue weighted by Crippen LogP contribution is 2.29. The minimum atomic E-state index is -0.408. The zero-order valence-electron chi connectivity index (χ0n) is 13.7. The summed E-state index contributed by atoms with van der Waals surface area (Å²) in [6.07, 6.45) is 2.49. The van der Waals surface area contributed by atoms with E-state index < -0.39 is 6.04 Å². The Labute approximate surface area is 158 Å². The van der Waals surface area contributed by atoms with Gasteiger partial charge in [-0.05, 0) is 54.6 Å². The summed E-state index contributed by atoms with van der Waals surface area (Å²) in [5.41, 5.74) is 1.58.